The van der Waals surface area contributed by atoms with Crippen molar-refractivity contribution in [3.8, 4) is 0 Å². The highest BCUT2D eigenvalue weighted by atomic mass is 19.2. The van der Waals surface area contributed by atoms with Crippen molar-refractivity contribution in [2.75, 3.05) is 0 Å². The molecule has 0 bridgehead atoms. The highest BCUT2D eigenvalue weighted by molar-refractivity contribution is 5.66. The molecule has 2 N–H and O–H groups in total. The van der Waals surface area contributed by atoms with E-state index >= 15 is 0 Å². The molecule has 0 heterocycles. The van der Waals surface area contributed by atoms with Crippen molar-refractivity contribution < 1.29 is 31.5 Å². The molecule has 0 aromatic heterocycles. The number of hydrogen-bond donors (Lipinski definition) is 2. The first-order valence-corrected chi connectivity index (χ1v) is 5.76. The third kappa shape index (κ3) is 4.28. The Morgan fingerprint density at radius 3 is 1.81 bits per heavy atom. The summed E-state index contributed by atoms with van der Waals surface area (Å²) in [5, 5.41) is 0. The Morgan fingerprint density at radius 1 is 0.952 bits per heavy atom. The summed E-state index contributed by atoms with van der Waals surface area (Å²) in [6.45, 7) is 3.93. The Balaban J connectivity index is 2.75. The van der Waals surface area contributed by atoms with Gasteiger partial charge in [0.25, 0.3) is 0 Å². The molecule has 1 aromatic carbocycles. The van der Waals surface area contributed by atoms with Gasteiger partial charge in [-0.2, -0.15) is 0 Å². The van der Waals surface area contributed by atoms with Crippen LogP contribution in [-0.4, -0.2) is 11.7 Å². The van der Waals surface area contributed by atoms with E-state index in [9.17, 15) is 26.7 Å². The molecule has 1 rings (SSSR count). The fraction of sp³-hybridized carbons (Fsp3) is 0.417. The van der Waals surface area contributed by atoms with Gasteiger partial charge in [0.15, 0.2) is 23.3 Å². The van der Waals surface area contributed by atoms with Gasteiger partial charge in [-0.3, -0.25) is 5.43 Å². The molecule has 21 heavy (non-hydrogen) atoms. The zero-order valence-electron chi connectivity index (χ0n) is 11.4. The van der Waals surface area contributed by atoms with E-state index in [-0.39, 0.29) is 0 Å². The van der Waals surface area contributed by atoms with Crippen LogP contribution in [0.1, 0.15) is 26.3 Å². The van der Waals surface area contributed by atoms with E-state index in [1.54, 1.807) is 20.8 Å². The summed E-state index contributed by atoms with van der Waals surface area (Å²) in [6, 6.07) is 0. The van der Waals surface area contributed by atoms with Gasteiger partial charge >= 0.3 is 6.09 Å². The van der Waals surface area contributed by atoms with Crippen LogP contribution in [0.5, 0.6) is 0 Å². The minimum Gasteiger partial charge on any atom is -0.443 e. The van der Waals surface area contributed by atoms with E-state index < -0.39 is 52.9 Å². The van der Waals surface area contributed by atoms with Crippen LogP contribution in [0.15, 0.2) is 0 Å². The molecule has 9 heteroatoms. The molecular weight excluding hydrogens is 299 g/mol. The average Bonchev–Trinajstić information content (AvgIpc) is 2.36. The molecule has 0 aliphatic carbocycles. The lowest BCUT2D eigenvalue weighted by molar-refractivity contribution is 0.0496. The molecule has 118 valence electrons. The molecule has 0 fully saturated rings. The van der Waals surface area contributed by atoms with Crippen LogP contribution in [0, 0.1) is 29.1 Å². The van der Waals surface area contributed by atoms with Gasteiger partial charge in [0.2, 0.25) is 5.82 Å². The number of hydrogen-bond acceptors (Lipinski definition) is 3. The van der Waals surface area contributed by atoms with Gasteiger partial charge in [0, 0.05) is 12.1 Å². The number of carbonyl (C=O) groups excluding carboxylic acids is 1. The molecule has 0 saturated heterocycles. The predicted octanol–water partition coefficient (Wildman–Crippen LogP) is 2.91. The maximum absolute atomic E-state index is 13.3. The van der Waals surface area contributed by atoms with Gasteiger partial charge in [-0.1, -0.05) is 0 Å². The average molecular weight is 312 g/mol. The van der Waals surface area contributed by atoms with Crippen molar-refractivity contribution in [2.24, 2.45) is 0 Å². The van der Waals surface area contributed by atoms with Crippen LogP contribution < -0.4 is 10.9 Å². The number of ether oxygens (including phenoxy) is 1. The summed E-state index contributed by atoms with van der Waals surface area (Å²) in [5.41, 5.74) is 2.03. The second-order valence-electron chi connectivity index (χ2n) is 5.03. The zero-order valence-corrected chi connectivity index (χ0v) is 11.4. The van der Waals surface area contributed by atoms with E-state index in [1.165, 1.54) is 0 Å². The molecule has 0 saturated carbocycles. The second kappa shape index (κ2) is 6.25. The SMILES string of the molecule is CC(C)(C)OC(=O)NNCc1c(F)c(F)c(F)c(F)c1F. The molecule has 0 aliphatic heterocycles. The van der Waals surface area contributed by atoms with E-state index in [4.69, 9.17) is 4.74 Å². The minimum atomic E-state index is -2.24. The topological polar surface area (TPSA) is 50.4 Å². The Bertz CT molecular complexity index is 529. The standard InChI is InChI=1S/C12H13F5N2O2/c1-12(2,3)21-11(20)19-18-4-5-6(13)8(15)10(17)9(16)7(5)14/h18H,4H2,1-3H3,(H,19,20). The molecule has 0 aliphatic rings. The number of hydrazine groups is 1. The lowest BCUT2D eigenvalue weighted by Crippen LogP contribution is -2.41. The highest BCUT2D eigenvalue weighted by Crippen LogP contribution is 2.22. The van der Waals surface area contributed by atoms with E-state index in [0.29, 0.717) is 0 Å². The molecule has 1 amide bonds. The first kappa shape index (κ1) is 17.2. The Labute approximate surface area is 117 Å². The van der Waals surface area contributed by atoms with Crippen molar-refractivity contribution in [1.29, 1.82) is 0 Å². The number of benzene rings is 1. The van der Waals surface area contributed by atoms with Crippen molar-refractivity contribution in [2.45, 2.75) is 32.9 Å². The number of halogens is 5. The van der Waals surface area contributed by atoms with Crippen molar-refractivity contribution in [1.82, 2.24) is 10.9 Å². The van der Waals surface area contributed by atoms with Crippen LogP contribution in [0.2, 0.25) is 0 Å². The summed E-state index contributed by atoms with van der Waals surface area (Å²) in [4.78, 5) is 11.2. The minimum absolute atomic E-state index is 0.809. The van der Waals surface area contributed by atoms with Crippen LogP contribution in [-0.2, 0) is 11.3 Å². The summed E-state index contributed by atoms with van der Waals surface area (Å²) in [7, 11) is 0. The smallest absolute Gasteiger partial charge is 0.422 e. The van der Waals surface area contributed by atoms with Crippen molar-refractivity contribution in [3.63, 3.8) is 0 Å². The fourth-order valence-corrected chi connectivity index (χ4v) is 1.31. The van der Waals surface area contributed by atoms with Gasteiger partial charge in [0.1, 0.15) is 5.60 Å². The maximum atomic E-state index is 13.3. The lowest BCUT2D eigenvalue weighted by atomic mass is 10.1. The van der Waals surface area contributed by atoms with Crippen molar-refractivity contribution >= 4 is 6.09 Å². The van der Waals surface area contributed by atoms with Gasteiger partial charge < -0.3 is 4.74 Å². The summed E-state index contributed by atoms with van der Waals surface area (Å²) in [6.07, 6.45) is -0.966. The zero-order chi connectivity index (χ0) is 16.4. The Morgan fingerprint density at radius 2 is 1.38 bits per heavy atom. The fourth-order valence-electron chi connectivity index (χ4n) is 1.31. The predicted molar refractivity (Wildman–Crippen MR) is 62.4 cm³/mol. The number of rotatable bonds is 3. The first-order valence-electron chi connectivity index (χ1n) is 5.76. The molecule has 1 aromatic rings. The van der Waals surface area contributed by atoms with Gasteiger partial charge in [-0.25, -0.2) is 32.2 Å². The lowest BCUT2D eigenvalue weighted by Gasteiger charge is -2.20. The molecular formula is C12H13F5N2O2. The monoisotopic (exact) mass is 312 g/mol. The second-order valence-corrected chi connectivity index (χ2v) is 5.03. The van der Waals surface area contributed by atoms with Crippen LogP contribution in [0.4, 0.5) is 26.7 Å². The van der Waals surface area contributed by atoms with Crippen molar-refractivity contribution in [3.05, 3.63) is 34.6 Å². The van der Waals surface area contributed by atoms with Gasteiger partial charge in [-0.15, -0.1) is 0 Å². The van der Waals surface area contributed by atoms with Crippen LogP contribution in [0.3, 0.4) is 0 Å². The number of nitrogens with one attached hydrogen (secondary N) is 2. The van der Waals surface area contributed by atoms with Gasteiger partial charge in [0.05, 0.1) is 0 Å². The van der Waals surface area contributed by atoms with E-state index in [1.807, 2.05) is 10.9 Å². The molecule has 0 spiro atoms. The number of carbonyl (C=O) groups is 1. The van der Waals surface area contributed by atoms with Crippen LogP contribution in [0.25, 0.3) is 0 Å². The Kier molecular flexibility index (Phi) is 5.10. The normalized spacial score (nSPS) is 11.4. The van der Waals surface area contributed by atoms with Crippen LogP contribution >= 0.6 is 0 Å². The number of amides is 1. The molecule has 0 atom stereocenters. The van der Waals surface area contributed by atoms with E-state index in [0.717, 1.165) is 0 Å². The third-order valence-corrected chi connectivity index (χ3v) is 2.16. The molecule has 0 radical (unpaired) electrons. The summed E-state index contributed by atoms with van der Waals surface area (Å²) < 4.78 is 70.0. The highest BCUT2D eigenvalue weighted by Gasteiger charge is 2.25. The summed E-state index contributed by atoms with van der Waals surface area (Å²) in [5.74, 6) is -10.3. The van der Waals surface area contributed by atoms with E-state index in [2.05, 4.69) is 0 Å². The van der Waals surface area contributed by atoms with Gasteiger partial charge in [-0.05, 0) is 20.8 Å². The largest absolute Gasteiger partial charge is 0.443 e. The first-order chi connectivity index (χ1) is 9.54. The Hall–Kier alpha value is -1.90. The quantitative estimate of drug-likeness (QED) is 0.390. The summed E-state index contributed by atoms with van der Waals surface area (Å²) >= 11 is 0. The molecule has 4 nitrogen and oxygen atoms in total. The maximum Gasteiger partial charge on any atom is 0.422 e. The third-order valence-electron chi connectivity index (χ3n) is 2.16. The molecule has 0 unspecified atom stereocenters.